The maximum atomic E-state index is 9.44. The van der Waals surface area contributed by atoms with Crippen LogP contribution in [0.1, 0.15) is 18.9 Å². The number of hydrogen-bond donors (Lipinski definition) is 0. The second kappa shape index (κ2) is 9.07. The van der Waals surface area contributed by atoms with Gasteiger partial charge in [-0.15, -0.1) is 0 Å². The van der Waals surface area contributed by atoms with E-state index in [0.717, 1.165) is 6.54 Å². The molecule has 0 spiro atoms. The fourth-order valence-electron chi connectivity index (χ4n) is 2.58. The first-order valence-electron chi connectivity index (χ1n) is 8.45. The molecule has 2 aromatic carbocycles. The van der Waals surface area contributed by atoms with Gasteiger partial charge in [0.1, 0.15) is 11.4 Å². The molecule has 0 fully saturated rings. The molecule has 138 valence electrons. The van der Waals surface area contributed by atoms with Gasteiger partial charge in [0.25, 0.3) is 0 Å². The standard InChI is InChI=1S/C18H18NS.C2H6O3S/c1-3-19-14(2)20-18(16-12-8-5-9-13-16)17(19)15-10-6-4-7-11-15;1-2-6(3,4)5/h4-13H,3H2,1-2H3;2H2,1H3,(H,3,4,5)/q+1;/p-1. The predicted molar refractivity (Wildman–Crippen MR) is 106 cm³/mol. The summed E-state index contributed by atoms with van der Waals surface area (Å²) in [6, 6.07) is 21.3. The van der Waals surface area contributed by atoms with Crippen LogP contribution < -0.4 is 4.57 Å². The molecule has 0 saturated heterocycles. The molecule has 1 aromatic heterocycles. The van der Waals surface area contributed by atoms with Crippen LogP contribution in [0.4, 0.5) is 0 Å². The highest BCUT2D eigenvalue weighted by atomic mass is 32.2. The van der Waals surface area contributed by atoms with E-state index in [0.29, 0.717) is 0 Å². The minimum Gasteiger partial charge on any atom is -0.748 e. The van der Waals surface area contributed by atoms with Crippen molar-refractivity contribution in [2.75, 3.05) is 5.75 Å². The van der Waals surface area contributed by atoms with Crippen molar-refractivity contribution in [3.8, 4) is 21.7 Å². The normalized spacial score (nSPS) is 10.9. The molecule has 0 bridgehead atoms. The summed E-state index contributed by atoms with van der Waals surface area (Å²) < 4.78 is 30.7. The van der Waals surface area contributed by atoms with Gasteiger partial charge in [-0.3, -0.25) is 0 Å². The number of nitrogens with zero attached hydrogens (tertiary/aromatic N) is 1. The first-order chi connectivity index (χ1) is 12.4. The summed E-state index contributed by atoms with van der Waals surface area (Å²) in [6.45, 7) is 6.72. The van der Waals surface area contributed by atoms with Crippen molar-refractivity contribution in [1.29, 1.82) is 0 Å². The lowest BCUT2D eigenvalue weighted by Gasteiger charge is -2.02. The maximum absolute atomic E-state index is 9.44. The Morgan fingerprint density at radius 3 is 1.81 bits per heavy atom. The van der Waals surface area contributed by atoms with E-state index in [1.165, 1.54) is 33.6 Å². The molecule has 6 heteroatoms. The molecule has 1 heterocycles. The Bertz CT molecular complexity index is 934. The molecule has 0 aliphatic rings. The Balaban J connectivity index is 0.000000352. The molecule has 0 radical (unpaired) electrons. The van der Waals surface area contributed by atoms with Crippen molar-refractivity contribution in [1.82, 2.24) is 0 Å². The van der Waals surface area contributed by atoms with Crippen molar-refractivity contribution >= 4 is 21.5 Å². The molecule has 0 saturated carbocycles. The summed E-state index contributed by atoms with van der Waals surface area (Å²) in [5.74, 6) is -0.312. The summed E-state index contributed by atoms with van der Waals surface area (Å²) in [5, 5.41) is 1.35. The molecule has 4 nitrogen and oxygen atoms in total. The highest BCUT2D eigenvalue weighted by Crippen LogP contribution is 2.35. The Kier molecular flexibility index (Phi) is 7.08. The van der Waals surface area contributed by atoms with Gasteiger partial charge >= 0.3 is 0 Å². The lowest BCUT2D eigenvalue weighted by Crippen LogP contribution is -2.35. The Morgan fingerprint density at radius 1 is 0.923 bits per heavy atom. The van der Waals surface area contributed by atoms with E-state index in [2.05, 4.69) is 79.1 Å². The van der Waals surface area contributed by atoms with Gasteiger partial charge in [0.05, 0.1) is 10.1 Å². The van der Waals surface area contributed by atoms with Gasteiger partial charge in [0.15, 0.2) is 0 Å². The summed E-state index contributed by atoms with van der Waals surface area (Å²) in [7, 11) is -3.91. The first kappa shape index (κ1) is 20.3. The average Bonchev–Trinajstić information content (AvgIpc) is 2.99. The highest BCUT2D eigenvalue weighted by Gasteiger charge is 2.24. The van der Waals surface area contributed by atoms with Crippen molar-refractivity contribution in [3.05, 3.63) is 65.7 Å². The van der Waals surface area contributed by atoms with Crippen molar-refractivity contribution in [3.63, 3.8) is 0 Å². The van der Waals surface area contributed by atoms with E-state index in [1.54, 1.807) is 0 Å². The van der Waals surface area contributed by atoms with Gasteiger partial charge in [-0.2, -0.15) is 4.57 Å². The maximum Gasteiger partial charge on any atom is 0.235 e. The summed E-state index contributed by atoms with van der Waals surface area (Å²) in [5.41, 5.74) is 3.92. The van der Waals surface area contributed by atoms with Crippen LogP contribution in [-0.2, 0) is 16.7 Å². The Hall–Kier alpha value is -2.02. The SMILES string of the molecule is CCS(=O)(=O)[O-].CC[n+]1c(C)sc(-c2ccccc2)c1-c1ccccc1. The van der Waals surface area contributed by atoms with Gasteiger partial charge in [-0.25, -0.2) is 8.42 Å². The van der Waals surface area contributed by atoms with E-state index in [9.17, 15) is 13.0 Å². The Labute approximate surface area is 159 Å². The topological polar surface area (TPSA) is 61.1 Å². The van der Waals surface area contributed by atoms with Crippen molar-refractivity contribution in [2.45, 2.75) is 27.3 Å². The van der Waals surface area contributed by atoms with E-state index in [4.69, 9.17) is 0 Å². The average molecular weight is 390 g/mol. The molecule has 0 atom stereocenters. The minimum absolute atomic E-state index is 0.312. The van der Waals surface area contributed by atoms with Crippen LogP contribution in [0.2, 0.25) is 0 Å². The number of benzene rings is 2. The number of thiazole rings is 1. The third kappa shape index (κ3) is 5.24. The van der Waals surface area contributed by atoms with Crippen LogP contribution in [0.5, 0.6) is 0 Å². The van der Waals surface area contributed by atoms with Crippen LogP contribution in [0.25, 0.3) is 21.7 Å². The first-order valence-corrected chi connectivity index (χ1v) is 10.8. The largest absolute Gasteiger partial charge is 0.748 e. The zero-order valence-electron chi connectivity index (χ0n) is 15.2. The lowest BCUT2D eigenvalue weighted by molar-refractivity contribution is -0.683. The molecule has 3 aromatic rings. The third-order valence-corrected chi connectivity index (χ3v) is 5.72. The minimum atomic E-state index is -3.91. The van der Waals surface area contributed by atoms with Crippen LogP contribution in [0, 0.1) is 6.92 Å². The molecule has 0 aliphatic carbocycles. The molecule has 0 amide bonds. The smallest absolute Gasteiger partial charge is 0.235 e. The number of rotatable bonds is 4. The lowest BCUT2D eigenvalue weighted by atomic mass is 10.1. The van der Waals surface area contributed by atoms with E-state index < -0.39 is 10.1 Å². The van der Waals surface area contributed by atoms with Crippen LogP contribution >= 0.6 is 11.3 Å². The molecule has 0 N–H and O–H groups in total. The predicted octanol–water partition coefficient (Wildman–Crippen LogP) is 4.25. The van der Waals surface area contributed by atoms with Gasteiger partial charge in [0.2, 0.25) is 10.7 Å². The molecular weight excluding hydrogens is 366 g/mol. The van der Waals surface area contributed by atoms with E-state index in [-0.39, 0.29) is 5.75 Å². The van der Waals surface area contributed by atoms with Crippen LogP contribution in [0.15, 0.2) is 60.7 Å². The Morgan fingerprint density at radius 2 is 1.38 bits per heavy atom. The molecule has 0 unspecified atom stereocenters. The second-order valence-electron chi connectivity index (χ2n) is 5.62. The summed E-state index contributed by atoms with van der Waals surface area (Å²) in [4.78, 5) is 1.36. The van der Waals surface area contributed by atoms with Crippen LogP contribution in [0.3, 0.4) is 0 Å². The molecular formula is C20H23NO3S2. The van der Waals surface area contributed by atoms with Crippen molar-refractivity contribution < 1.29 is 17.5 Å². The van der Waals surface area contributed by atoms with Gasteiger partial charge in [0, 0.05) is 18.2 Å². The highest BCUT2D eigenvalue weighted by molar-refractivity contribution is 7.85. The molecule has 3 rings (SSSR count). The zero-order chi connectivity index (χ0) is 19.2. The molecule has 26 heavy (non-hydrogen) atoms. The van der Waals surface area contributed by atoms with Crippen LogP contribution in [-0.4, -0.2) is 18.7 Å². The number of aromatic nitrogens is 1. The van der Waals surface area contributed by atoms with E-state index >= 15 is 0 Å². The van der Waals surface area contributed by atoms with Gasteiger partial charge < -0.3 is 4.55 Å². The third-order valence-electron chi connectivity index (χ3n) is 3.87. The quantitative estimate of drug-likeness (QED) is 0.495. The van der Waals surface area contributed by atoms with E-state index in [1.807, 2.05) is 11.3 Å². The monoisotopic (exact) mass is 389 g/mol. The summed E-state index contributed by atoms with van der Waals surface area (Å²) >= 11 is 1.88. The molecule has 0 aliphatic heterocycles. The van der Waals surface area contributed by atoms with Gasteiger partial charge in [-0.05, 0) is 24.6 Å². The van der Waals surface area contributed by atoms with Gasteiger partial charge in [-0.1, -0.05) is 66.8 Å². The fraction of sp³-hybridized carbons (Fsp3) is 0.250. The number of aryl methyl sites for hydroxylation is 1. The second-order valence-corrected chi connectivity index (χ2v) is 8.52. The van der Waals surface area contributed by atoms with Crippen molar-refractivity contribution in [2.24, 2.45) is 0 Å². The number of hydrogen-bond acceptors (Lipinski definition) is 4. The zero-order valence-corrected chi connectivity index (χ0v) is 16.8. The summed E-state index contributed by atoms with van der Waals surface area (Å²) in [6.07, 6.45) is 0. The fourth-order valence-corrected chi connectivity index (χ4v) is 3.78.